The molecule has 0 radical (unpaired) electrons. The zero-order valence-corrected chi connectivity index (χ0v) is 12.9. The first-order valence-corrected chi connectivity index (χ1v) is 8.06. The zero-order chi connectivity index (χ0) is 15.1. The van der Waals surface area contributed by atoms with Gasteiger partial charge in [0.25, 0.3) is 0 Å². The molecule has 0 aliphatic heterocycles. The van der Waals surface area contributed by atoms with E-state index >= 15 is 0 Å². The van der Waals surface area contributed by atoms with E-state index in [4.69, 9.17) is 5.73 Å². The number of nitrogens with two attached hydrogens (primary N) is 1. The molecule has 1 aromatic rings. The van der Waals surface area contributed by atoms with Crippen LogP contribution in [-0.2, 0) is 4.79 Å². The second-order valence-corrected chi connectivity index (χ2v) is 5.86. The van der Waals surface area contributed by atoms with Gasteiger partial charge in [-0.15, -0.1) is 0 Å². The van der Waals surface area contributed by atoms with Crippen LogP contribution in [0, 0.1) is 0 Å². The van der Waals surface area contributed by atoms with Gasteiger partial charge in [0.1, 0.15) is 0 Å². The smallest absolute Gasteiger partial charge is 0.234 e. The molecular formula is C17H27N3O. The van der Waals surface area contributed by atoms with Crippen LogP contribution >= 0.6 is 0 Å². The van der Waals surface area contributed by atoms with Crippen LogP contribution in [-0.4, -0.2) is 31.1 Å². The molecule has 0 heterocycles. The Kier molecular flexibility index (Phi) is 6.05. The van der Waals surface area contributed by atoms with E-state index in [0.717, 1.165) is 25.9 Å². The number of unbranched alkanes of at least 4 members (excludes halogenated alkanes) is 1. The molecule has 1 atom stereocenters. The summed E-state index contributed by atoms with van der Waals surface area (Å²) in [7, 11) is 0. The minimum atomic E-state index is -0.231. The zero-order valence-electron chi connectivity index (χ0n) is 12.9. The molecule has 0 spiro atoms. The van der Waals surface area contributed by atoms with Gasteiger partial charge >= 0.3 is 0 Å². The number of carbonyl (C=O) groups is 1. The molecule has 116 valence electrons. The van der Waals surface area contributed by atoms with Gasteiger partial charge in [0, 0.05) is 24.8 Å². The first-order valence-electron chi connectivity index (χ1n) is 8.06. The van der Waals surface area contributed by atoms with Crippen LogP contribution in [0.15, 0.2) is 30.3 Å². The Morgan fingerprint density at radius 2 is 2.05 bits per heavy atom. The van der Waals surface area contributed by atoms with Crippen molar-refractivity contribution in [1.29, 1.82) is 0 Å². The molecular weight excluding hydrogens is 262 g/mol. The van der Waals surface area contributed by atoms with Crippen LogP contribution in [0.25, 0.3) is 0 Å². The molecule has 0 bridgehead atoms. The SMILES string of the molecule is CCCCN(CCC(NC1CC1)C(N)=O)c1ccccc1. The van der Waals surface area contributed by atoms with E-state index in [1.54, 1.807) is 0 Å². The first-order chi connectivity index (χ1) is 10.2. The molecule has 1 aliphatic rings. The van der Waals surface area contributed by atoms with Gasteiger partial charge in [-0.25, -0.2) is 0 Å². The van der Waals surface area contributed by atoms with E-state index in [9.17, 15) is 4.79 Å². The summed E-state index contributed by atoms with van der Waals surface area (Å²) in [5, 5.41) is 3.35. The van der Waals surface area contributed by atoms with Crippen LogP contribution in [0.5, 0.6) is 0 Å². The highest BCUT2D eigenvalue weighted by Gasteiger charge is 2.27. The Balaban J connectivity index is 1.92. The number of anilines is 1. The van der Waals surface area contributed by atoms with Crippen molar-refractivity contribution in [3.05, 3.63) is 30.3 Å². The van der Waals surface area contributed by atoms with Crippen LogP contribution < -0.4 is 16.0 Å². The van der Waals surface area contributed by atoms with Crippen molar-refractivity contribution in [3.63, 3.8) is 0 Å². The van der Waals surface area contributed by atoms with E-state index in [1.165, 1.54) is 24.9 Å². The molecule has 4 nitrogen and oxygen atoms in total. The number of amides is 1. The highest BCUT2D eigenvalue weighted by molar-refractivity contribution is 5.80. The summed E-state index contributed by atoms with van der Waals surface area (Å²) in [5.74, 6) is -0.231. The van der Waals surface area contributed by atoms with Gasteiger partial charge < -0.3 is 16.0 Å². The summed E-state index contributed by atoms with van der Waals surface area (Å²) in [6.07, 6.45) is 5.43. The first kappa shape index (κ1) is 15.8. The topological polar surface area (TPSA) is 58.4 Å². The molecule has 3 N–H and O–H groups in total. The van der Waals surface area contributed by atoms with E-state index in [0.29, 0.717) is 6.04 Å². The molecule has 1 saturated carbocycles. The predicted molar refractivity (Wildman–Crippen MR) is 87.3 cm³/mol. The van der Waals surface area contributed by atoms with Gasteiger partial charge in [0.15, 0.2) is 0 Å². The van der Waals surface area contributed by atoms with Crippen molar-refractivity contribution in [2.75, 3.05) is 18.0 Å². The Morgan fingerprint density at radius 3 is 2.62 bits per heavy atom. The summed E-state index contributed by atoms with van der Waals surface area (Å²) < 4.78 is 0. The van der Waals surface area contributed by atoms with E-state index in [2.05, 4.69) is 41.4 Å². The minimum absolute atomic E-state index is 0.203. The number of nitrogens with zero attached hydrogens (tertiary/aromatic N) is 1. The summed E-state index contributed by atoms with van der Waals surface area (Å²) in [6.45, 7) is 4.08. The normalized spacial score (nSPS) is 15.7. The third kappa shape index (κ3) is 5.38. The van der Waals surface area contributed by atoms with Crippen LogP contribution in [0.4, 0.5) is 5.69 Å². The molecule has 1 aliphatic carbocycles. The number of para-hydroxylation sites is 1. The number of rotatable bonds is 10. The van der Waals surface area contributed by atoms with Crippen molar-refractivity contribution in [1.82, 2.24) is 5.32 Å². The average molecular weight is 289 g/mol. The lowest BCUT2D eigenvalue weighted by Crippen LogP contribution is -2.44. The number of nitrogens with one attached hydrogen (secondary N) is 1. The van der Waals surface area contributed by atoms with Crippen LogP contribution in [0.2, 0.25) is 0 Å². The van der Waals surface area contributed by atoms with Crippen LogP contribution in [0.3, 0.4) is 0 Å². The Labute approximate surface area is 127 Å². The fourth-order valence-corrected chi connectivity index (χ4v) is 2.48. The third-order valence-corrected chi connectivity index (χ3v) is 3.95. The fraction of sp³-hybridized carbons (Fsp3) is 0.588. The van der Waals surface area contributed by atoms with Crippen molar-refractivity contribution in [3.8, 4) is 0 Å². The summed E-state index contributed by atoms with van der Waals surface area (Å²) in [4.78, 5) is 13.9. The highest BCUT2D eigenvalue weighted by Crippen LogP contribution is 2.20. The lowest BCUT2D eigenvalue weighted by molar-refractivity contribution is -0.120. The molecule has 0 aromatic heterocycles. The second kappa shape index (κ2) is 8.03. The van der Waals surface area contributed by atoms with Gasteiger partial charge in [-0.2, -0.15) is 0 Å². The van der Waals surface area contributed by atoms with Crippen molar-refractivity contribution >= 4 is 11.6 Å². The quantitative estimate of drug-likeness (QED) is 0.695. The number of hydrogen-bond acceptors (Lipinski definition) is 3. The minimum Gasteiger partial charge on any atom is -0.371 e. The van der Waals surface area contributed by atoms with E-state index < -0.39 is 0 Å². The Bertz CT molecular complexity index is 431. The molecule has 21 heavy (non-hydrogen) atoms. The molecule has 2 rings (SSSR count). The number of hydrogen-bond donors (Lipinski definition) is 2. The van der Waals surface area contributed by atoms with E-state index in [1.807, 2.05) is 6.07 Å². The van der Waals surface area contributed by atoms with Crippen molar-refractivity contribution in [2.45, 2.75) is 51.1 Å². The third-order valence-electron chi connectivity index (χ3n) is 3.95. The van der Waals surface area contributed by atoms with Gasteiger partial charge in [-0.3, -0.25) is 4.79 Å². The maximum Gasteiger partial charge on any atom is 0.234 e. The van der Waals surface area contributed by atoms with E-state index in [-0.39, 0.29) is 11.9 Å². The lowest BCUT2D eigenvalue weighted by Gasteiger charge is -2.26. The Morgan fingerprint density at radius 1 is 1.33 bits per heavy atom. The largest absolute Gasteiger partial charge is 0.371 e. The predicted octanol–water partition coefficient (Wildman–Crippen LogP) is 2.29. The number of benzene rings is 1. The van der Waals surface area contributed by atoms with Gasteiger partial charge in [0.05, 0.1) is 6.04 Å². The monoisotopic (exact) mass is 289 g/mol. The van der Waals surface area contributed by atoms with Gasteiger partial charge in [0.2, 0.25) is 5.91 Å². The van der Waals surface area contributed by atoms with Crippen LogP contribution in [0.1, 0.15) is 39.0 Å². The summed E-state index contributed by atoms with van der Waals surface area (Å²) in [6, 6.07) is 10.7. The molecule has 4 heteroatoms. The second-order valence-electron chi connectivity index (χ2n) is 5.86. The highest BCUT2D eigenvalue weighted by atomic mass is 16.1. The van der Waals surface area contributed by atoms with Gasteiger partial charge in [-0.05, 0) is 37.8 Å². The molecule has 1 unspecified atom stereocenters. The molecule has 1 aromatic carbocycles. The standard InChI is InChI=1S/C17H27N3O/c1-2-3-12-20(15-7-5-4-6-8-15)13-11-16(17(18)21)19-14-9-10-14/h4-8,14,16,19H,2-3,9-13H2,1H3,(H2,18,21). The summed E-state index contributed by atoms with van der Waals surface area (Å²) >= 11 is 0. The number of primary amides is 1. The summed E-state index contributed by atoms with van der Waals surface area (Å²) in [5.41, 5.74) is 6.74. The molecule has 0 saturated heterocycles. The molecule has 1 fully saturated rings. The van der Waals surface area contributed by atoms with Crippen molar-refractivity contribution in [2.24, 2.45) is 5.73 Å². The number of carbonyl (C=O) groups excluding carboxylic acids is 1. The van der Waals surface area contributed by atoms with Gasteiger partial charge in [-0.1, -0.05) is 31.5 Å². The lowest BCUT2D eigenvalue weighted by atomic mass is 10.1. The Hall–Kier alpha value is -1.55. The maximum atomic E-state index is 11.6. The van der Waals surface area contributed by atoms with Crippen molar-refractivity contribution < 1.29 is 4.79 Å². The average Bonchev–Trinajstić information content (AvgIpc) is 3.30. The maximum absolute atomic E-state index is 11.6. The molecule has 1 amide bonds. The fourth-order valence-electron chi connectivity index (χ4n) is 2.48.